The van der Waals surface area contributed by atoms with E-state index in [0.29, 0.717) is 6.61 Å². The molecule has 1 atom stereocenters. The van der Waals surface area contributed by atoms with Crippen LogP contribution in [0.2, 0.25) is 0 Å². The van der Waals surface area contributed by atoms with E-state index >= 15 is 0 Å². The van der Waals surface area contributed by atoms with Gasteiger partial charge in [-0.15, -0.1) is 0 Å². The van der Waals surface area contributed by atoms with Crippen molar-refractivity contribution in [1.82, 2.24) is 0 Å². The molecule has 1 rings (SSSR count). The van der Waals surface area contributed by atoms with Crippen LogP contribution in [0.1, 0.15) is 39.5 Å². The molecule has 1 aliphatic carbocycles. The first-order valence-corrected chi connectivity index (χ1v) is 7.04. The van der Waals surface area contributed by atoms with Gasteiger partial charge < -0.3 is 0 Å². The highest BCUT2D eigenvalue weighted by atomic mass is 31.2. The van der Waals surface area contributed by atoms with Crippen molar-refractivity contribution in [2.75, 3.05) is 13.7 Å². The molecule has 0 aromatic rings. The van der Waals surface area contributed by atoms with Crippen LogP contribution in [0, 0.1) is 5.92 Å². The molecule has 1 saturated carbocycles. The molecule has 1 aliphatic rings. The zero-order valence-electron chi connectivity index (χ0n) is 9.77. The molecular weight excluding hydrogens is 215 g/mol. The minimum absolute atomic E-state index is 0.0264. The normalized spacial score (nSPS) is 31.1. The molecule has 0 aromatic carbocycles. The Kier molecular flexibility index (Phi) is 5.27. The monoisotopic (exact) mass is 236 g/mol. The van der Waals surface area contributed by atoms with Gasteiger partial charge in [-0.05, 0) is 38.5 Å². The summed E-state index contributed by atoms with van der Waals surface area (Å²) in [4.78, 5) is 0. The maximum Gasteiger partial charge on any atom is 0.474 e. The van der Waals surface area contributed by atoms with Crippen molar-refractivity contribution < 1.29 is 18.1 Å². The van der Waals surface area contributed by atoms with Gasteiger partial charge in [-0.3, -0.25) is 13.6 Å². The lowest BCUT2D eigenvalue weighted by atomic mass is 9.89. The number of phosphoric acid groups is 1. The van der Waals surface area contributed by atoms with Gasteiger partial charge in [0.1, 0.15) is 0 Å². The fourth-order valence-corrected chi connectivity index (χ4v) is 2.95. The first-order chi connectivity index (χ1) is 7.09. The lowest BCUT2D eigenvalue weighted by Crippen LogP contribution is -2.20. The van der Waals surface area contributed by atoms with Gasteiger partial charge in [0, 0.05) is 7.11 Å². The Morgan fingerprint density at radius 3 is 2.33 bits per heavy atom. The fourth-order valence-electron chi connectivity index (χ4n) is 1.80. The largest absolute Gasteiger partial charge is 0.474 e. The van der Waals surface area contributed by atoms with Gasteiger partial charge in [0.25, 0.3) is 0 Å². The number of hydrogen-bond donors (Lipinski definition) is 0. The maximum atomic E-state index is 11.9. The van der Waals surface area contributed by atoms with Crippen LogP contribution >= 0.6 is 7.82 Å². The first-order valence-electron chi connectivity index (χ1n) is 5.58. The van der Waals surface area contributed by atoms with Crippen LogP contribution in [0.4, 0.5) is 0 Å². The summed E-state index contributed by atoms with van der Waals surface area (Å²) in [5.41, 5.74) is 0. The summed E-state index contributed by atoms with van der Waals surface area (Å²) in [6.45, 7) is 4.35. The van der Waals surface area contributed by atoms with Crippen molar-refractivity contribution in [2.45, 2.75) is 45.6 Å². The van der Waals surface area contributed by atoms with Crippen molar-refractivity contribution in [3.05, 3.63) is 0 Å². The van der Waals surface area contributed by atoms with Crippen LogP contribution in [0.15, 0.2) is 0 Å². The molecule has 0 aliphatic heterocycles. The van der Waals surface area contributed by atoms with E-state index in [4.69, 9.17) is 13.6 Å². The van der Waals surface area contributed by atoms with Gasteiger partial charge in [0.15, 0.2) is 0 Å². The van der Waals surface area contributed by atoms with Gasteiger partial charge >= 0.3 is 7.82 Å². The lowest BCUT2D eigenvalue weighted by Gasteiger charge is -2.28. The van der Waals surface area contributed by atoms with E-state index in [0.717, 1.165) is 31.6 Å². The van der Waals surface area contributed by atoms with Crippen LogP contribution in [0.5, 0.6) is 0 Å². The van der Waals surface area contributed by atoms with Crippen molar-refractivity contribution in [1.29, 1.82) is 0 Å². The van der Waals surface area contributed by atoms with Crippen molar-refractivity contribution in [3.8, 4) is 0 Å². The highest BCUT2D eigenvalue weighted by Gasteiger charge is 2.30. The van der Waals surface area contributed by atoms with Gasteiger partial charge in [0.05, 0.1) is 12.7 Å². The van der Waals surface area contributed by atoms with E-state index in [2.05, 4.69) is 6.92 Å². The third-order valence-corrected chi connectivity index (χ3v) is 4.33. The number of hydrogen-bond acceptors (Lipinski definition) is 4. The second-order valence-electron chi connectivity index (χ2n) is 4.03. The molecule has 1 unspecified atom stereocenters. The predicted molar refractivity (Wildman–Crippen MR) is 58.7 cm³/mol. The van der Waals surface area contributed by atoms with Gasteiger partial charge in [-0.25, -0.2) is 4.57 Å². The van der Waals surface area contributed by atoms with Crippen LogP contribution in [-0.2, 0) is 18.1 Å². The molecule has 1 fully saturated rings. The fraction of sp³-hybridized carbons (Fsp3) is 1.00. The van der Waals surface area contributed by atoms with Crippen LogP contribution in [0.3, 0.4) is 0 Å². The molecule has 0 heterocycles. The Morgan fingerprint density at radius 1 is 1.27 bits per heavy atom. The van der Waals surface area contributed by atoms with E-state index in [1.165, 1.54) is 7.11 Å². The number of phosphoric ester groups is 1. The zero-order valence-corrected chi connectivity index (χ0v) is 10.7. The van der Waals surface area contributed by atoms with E-state index < -0.39 is 7.82 Å². The second-order valence-corrected chi connectivity index (χ2v) is 5.76. The summed E-state index contributed by atoms with van der Waals surface area (Å²) in [6, 6.07) is 0. The molecule has 0 aromatic heterocycles. The SMILES string of the molecule is CCOP(=O)(OC)OC1CCC(C)CC1. The van der Waals surface area contributed by atoms with Crippen molar-refractivity contribution in [2.24, 2.45) is 5.92 Å². The van der Waals surface area contributed by atoms with Crippen LogP contribution in [-0.4, -0.2) is 19.8 Å². The standard InChI is InChI=1S/C10H21O4P/c1-4-13-15(11,12-3)14-10-7-5-9(2)6-8-10/h9-10H,4-8H2,1-3H3. The summed E-state index contributed by atoms with van der Waals surface area (Å²) >= 11 is 0. The molecule has 90 valence electrons. The molecule has 0 amide bonds. The minimum Gasteiger partial charge on any atom is -0.290 e. The van der Waals surface area contributed by atoms with E-state index in [1.54, 1.807) is 6.92 Å². The van der Waals surface area contributed by atoms with E-state index in [1.807, 2.05) is 0 Å². The topological polar surface area (TPSA) is 44.8 Å². The van der Waals surface area contributed by atoms with Crippen LogP contribution in [0.25, 0.3) is 0 Å². The Labute approximate surface area is 91.9 Å². The maximum absolute atomic E-state index is 11.9. The average molecular weight is 236 g/mol. The predicted octanol–water partition coefficient (Wildman–Crippen LogP) is 3.37. The summed E-state index contributed by atoms with van der Waals surface area (Å²) in [7, 11) is -1.93. The Hall–Kier alpha value is 0.110. The molecule has 0 bridgehead atoms. The first kappa shape index (κ1) is 13.2. The highest BCUT2D eigenvalue weighted by molar-refractivity contribution is 7.48. The van der Waals surface area contributed by atoms with Gasteiger partial charge in [0.2, 0.25) is 0 Å². The number of rotatable bonds is 5. The van der Waals surface area contributed by atoms with E-state index in [9.17, 15) is 4.57 Å². The summed E-state index contributed by atoms with van der Waals surface area (Å²) in [5, 5.41) is 0. The van der Waals surface area contributed by atoms with Crippen molar-refractivity contribution >= 4 is 7.82 Å². The minimum atomic E-state index is -3.29. The average Bonchev–Trinajstić information content (AvgIpc) is 2.22. The van der Waals surface area contributed by atoms with E-state index in [-0.39, 0.29) is 6.10 Å². The smallest absolute Gasteiger partial charge is 0.290 e. The molecule has 0 N–H and O–H groups in total. The van der Waals surface area contributed by atoms with Crippen molar-refractivity contribution in [3.63, 3.8) is 0 Å². The zero-order chi connectivity index (χ0) is 11.3. The third kappa shape index (κ3) is 4.23. The van der Waals surface area contributed by atoms with Gasteiger partial charge in [-0.2, -0.15) is 0 Å². The summed E-state index contributed by atoms with van der Waals surface area (Å²) < 4.78 is 27.1. The Balaban J connectivity index is 2.42. The third-order valence-electron chi connectivity index (χ3n) is 2.75. The highest BCUT2D eigenvalue weighted by Crippen LogP contribution is 2.51. The van der Waals surface area contributed by atoms with Gasteiger partial charge in [-0.1, -0.05) is 6.92 Å². The molecular formula is C10H21O4P. The Morgan fingerprint density at radius 2 is 1.87 bits per heavy atom. The summed E-state index contributed by atoms with van der Waals surface area (Å²) in [6.07, 6.45) is 4.17. The second kappa shape index (κ2) is 6.00. The molecule has 0 saturated heterocycles. The Bertz CT molecular complexity index is 223. The molecule has 5 heteroatoms. The molecule has 4 nitrogen and oxygen atoms in total. The lowest BCUT2D eigenvalue weighted by molar-refractivity contribution is 0.0664. The molecule has 0 radical (unpaired) electrons. The summed E-state index contributed by atoms with van der Waals surface area (Å²) in [5.74, 6) is 0.749. The molecule has 15 heavy (non-hydrogen) atoms. The van der Waals surface area contributed by atoms with Crippen LogP contribution < -0.4 is 0 Å². The quantitative estimate of drug-likeness (QED) is 0.686. The molecule has 0 spiro atoms.